The van der Waals surface area contributed by atoms with Crippen LogP contribution in [-0.2, 0) is 0 Å². The number of carbonyl (C=O) groups is 1. The Morgan fingerprint density at radius 2 is 2.08 bits per heavy atom. The lowest BCUT2D eigenvalue weighted by molar-refractivity contribution is 0.0955. The Labute approximate surface area is 143 Å². The van der Waals surface area contributed by atoms with Gasteiger partial charge in [0.25, 0.3) is 5.91 Å². The van der Waals surface area contributed by atoms with Crippen LogP contribution < -0.4 is 10.6 Å². The standard InChI is InChI=1S/C18H14FN5O/c19-15-3-4-16-13(9-15)8-14(11-24-16)18(25)23-7-6-22-17-12(10-20)2-1-5-21-17/h1-5,8-9,11H,6-7H2,(H,21,22)(H,23,25). The first kappa shape index (κ1) is 16.3. The third-order valence-electron chi connectivity index (χ3n) is 3.54. The highest BCUT2D eigenvalue weighted by Crippen LogP contribution is 2.15. The van der Waals surface area contributed by atoms with Gasteiger partial charge in [0.05, 0.1) is 16.6 Å². The van der Waals surface area contributed by atoms with Crippen LogP contribution in [0.4, 0.5) is 10.2 Å². The van der Waals surface area contributed by atoms with Crippen LogP contribution in [0, 0.1) is 17.1 Å². The van der Waals surface area contributed by atoms with Crippen LogP contribution in [0.2, 0.25) is 0 Å². The molecule has 1 amide bonds. The molecule has 124 valence electrons. The van der Waals surface area contributed by atoms with Gasteiger partial charge in [-0.3, -0.25) is 9.78 Å². The molecule has 0 radical (unpaired) electrons. The van der Waals surface area contributed by atoms with Gasteiger partial charge in [-0.05, 0) is 36.4 Å². The first-order chi connectivity index (χ1) is 12.2. The van der Waals surface area contributed by atoms with Gasteiger partial charge in [0, 0.05) is 30.9 Å². The molecule has 1 aromatic carbocycles. The molecule has 0 spiro atoms. The monoisotopic (exact) mass is 335 g/mol. The smallest absolute Gasteiger partial charge is 0.252 e. The van der Waals surface area contributed by atoms with Crippen molar-refractivity contribution in [1.29, 1.82) is 5.26 Å². The Morgan fingerprint density at radius 3 is 2.92 bits per heavy atom. The summed E-state index contributed by atoms with van der Waals surface area (Å²) < 4.78 is 13.3. The SMILES string of the molecule is N#Cc1cccnc1NCCNC(=O)c1cnc2ccc(F)cc2c1. The van der Waals surface area contributed by atoms with Crippen molar-refractivity contribution in [3.63, 3.8) is 0 Å². The minimum atomic E-state index is -0.375. The molecular formula is C18H14FN5O. The van der Waals surface area contributed by atoms with Crippen LogP contribution in [0.5, 0.6) is 0 Å². The number of halogens is 1. The average Bonchev–Trinajstić information content (AvgIpc) is 2.64. The first-order valence-electron chi connectivity index (χ1n) is 7.60. The number of anilines is 1. The minimum Gasteiger partial charge on any atom is -0.367 e. The van der Waals surface area contributed by atoms with Crippen molar-refractivity contribution in [3.05, 3.63) is 65.7 Å². The lowest BCUT2D eigenvalue weighted by Crippen LogP contribution is -2.29. The fraction of sp³-hybridized carbons (Fsp3) is 0.111. The topological polar surface area (TPSA) is 90.7 Å². The second kappa shape index (κ2) is 7.36. The van der Waals surface area contributed by atoms with Gasteiger partial charge in [-0.15, -0.1) is 0 Å². The molecule has 0 aliphatic heterocycles. The van der Waals surface area contributed by atoms with Crippen molar-refractivity contribution in [2.75, 3.05) is 18.4 Å². The largest absolute Gasteiger partial charge is 0.367 e. The van der Waals surface area contributed by atoms with E-state index in [1.54, 1.807) is 30.5 Å². The van der Waals surface area contributed by atoms with E-state index in [0.29, 0.717) is 40.9 Å². The minimum absolute atomic E-state index is 0.304. The summed E-state index contributed by atoms with van der Waals surface area (Å²) in [6.07, 6.45) is 3.04. The van der Waals surface area contributed by atoms with Gasteiger partial charge < -0.3 is 10.6 Å². The zero-order valence-corrected chi connectivity index (χ0v) is 13.2. The summed E-state index contributed by atoms with van der Waals surface area (Å²) in [5.74, 6) is -0.205. The van der Waals surface area contributed by atoms with Crippen LogP contribution in [0.3, 0.4) is 0 Å². The molecule has 25 heavy (non-hydrogen) atoms. The fourth-order valence-corrected chi connectivity index (χ4v) is 2.32. The summed E-state index contributed by atoms with van der Waals surface area (Å²) in [5, 5.41) is 15.3. The Balaban J connectivity index is 1.58. The third-order valence-corrected chi connectivity index (χ3v) is 3.54. The van der Waals surface area contributed by atoms with Crippen molar-refractivity contribution >= 4 is 22.6 Å². The molecule has 0 bridgehead atoms. The molecule has 0 aliphatic rings. The maximum atomic E-state index is 13.3. The number of fused-ring (bicyclic) bond motifs is 1. The van der Waals surface area contributed by atoms with Crippen molar-refractivity contribution < 1.29 is 9.18 Å². The summed E-state index contributed by atoms with van der Waals surface area (Å²) in [6, 6.07) is 11.2. The zero-order chi connectivity index (χ0) is 17.6. The van der Waals surface area contributed by atoms with Gasteiger partial charge in [0.15, 0.2) is 0 Å². The van der Waals surface area contributed by atoms with Crippen molar-refractivity contribution in [1.82, 2.24) is 15.3 Å². The van der Waals surface area contributed by atoms with Crippen LogP contribution >= 0.6 is 0 Å². The number of nitrogens with zero attached hydrogens (tertiary/aromatic N) is 3. The summed E-state index contributed by atoms with van der Waals surface area (Å²) in [5.41, 5.74) is 1.42. The quantitative estimate of drug-likeness (QED) is 0.699. The summed E-state index contributed by atoms with van der Waals surface area (Å²) in [4.78, 5) is 20.4. The number of benzene rings is 1. The lowest BCUT2D eigenvalue weighted by atomic mass is 10.1. The molecule has 2 N–H and O–H groups in total. The van der Waals surface area contributed by atoms with E-state index < -0.39 is 0 Å². The molecule has 3 rings (SSSR count). The molecule has 7 heteroatoms. The number of hydrogen-bond donors (Lipinski definition) is 2. The summed E-state index contributed by atoms with van der Waals surface area (Å²) >= 11 is 0. The number of carbonyl (C=O) groups excluding carboxylic acids is 1. The van der Waals surface area contributed by atoms with E-state index in [0.717, 1.165) is 0 Å². The third kappa shape index (κ3) is 3.87. The van der Waals surface area contributed by atoms with Gasteiger partial charge in [0.2, 0.25) is 0 Å². The van der Waals surface area contributed by atoms with Gasteiger partial charge in [-0.1, -0.05) is 0 Å². The van der Waals surface area contributed by atoms with E-state index >= 15 is 0 Å². The highest BCUT2D eigenvalue weighted by atomic mass is 19.1. The van der Waals surface area contributed by atoms with E-state index in [4.69, 9.17) is 5.26 Å². The Hall–Kier alpha value is -3.53. The maximum Gasteiger partial charge on any atom is 0.252 e. The van der Waals surface area contributed by atoms with Crippen molar-refractivity contribution in [3.8, 4) is 6.07 Å². The Kier molecular flexibility index (Phi) is 4.81. The Morgan fingerprint density at radius 1 is 1.20 bits per heavy atom. The maximum absolute atomic E-state index is 13.3. The second-order valence-electron chi connectivity index (χ2n) is 5.26. The summed E-state index contributed by atoms with van der Waals surface area (Å²) in [6.45, 7) is 0.745. The van der Waals surface area contributed by atoms with Gasteiger partial charge in [-0.2, -0.15) is 5.26 Å². The molecule has 0 saturated carbocycles. The molecule has 0 saturated heterocycles. The van der Waals surface area contributed by atoms with Crippen LogP contribution in [-0.4, -0.2) is 29.0 Å². The fourth-order valence-electron chi connectivity index (χ4n) is 2.32. The highest BCUT2D eigenvalue weighted by Gasteiger charge is 2.08. The molecule has 0 atom stereocenters. The van der Waals surface area contributed by atoms with Crippen LogP contribution in [0.25, 0.3) is 10.9 Å². The summed E-state index contributed by atoms with van der Waals surface area (Å²) in [7, 11) is 0. The number of nitrogens with one attached hydrogen (secondary N) is 2. The Bertz CT molecular complexity index is 967. The number of pyridine rings is 2. The highest BCUT2D eigenvalue weighted by molar-refractivity contribution is 5.97. The molecule has 2 heterocycles. The van der Waals surface area contributed by atoms with E-state index in [2.05, 4.69) is 20.6 Å². The second-order valence-corrected chi connectivity index (χ2v) is 5.26. The lowest BCUT2D eigenvalue weighted by Gasteiger charge is -2.08. The molecule has 0 aliphatic carbocycles. The van der Waals surface area contributed by atoms with E-state index in [1.165, 1.54) is 18.3 Å². The normalized spacial score (nSPS) is 10.2. The predicted molar refractivity (Wildman–Crippen MR) is 91.5 cm³/mol. The number of aromatic nitrogens is 2. The van der Waals surface area contributed by atoms with Gasteiger partial charge in [0.1, 0.15) is 17.7 Å². The molecule has 2 aromatic heterocycles. The van der Waals surface area contributed by atoms with Crippen LogP contribution in [0.15, 0.2) is 48.8 Å². The number of nitriles is 1. The predicted octanol–water partition coefficient (Wildman–Crippen LogP) is 2.48. The van der Waals surface area contributed by atoms with Crippen LogP contribution in [0.1, 0.15) is 15.9 Å². The van der Waals surface area contributed by atoms with Gasteiger partial charge in [-0.25, -0.2) is 9.37 Å². The zero-order valence-electron chi connectivity index (χ0n) is 13.2. The van der Waals surface area contributed by atoms with Crippen molar-refractivity contribution in [2.45, 2.75) is 0 Å². The number of amides is 1. The molecule has 0 fully saturated rings. The first-order valence-corrected chi connectivity index (χ1v) is 7.60. The number of rotatable bonds is 5. The molecule has 6 nitrogen and oxygen atoms in total. The average molecular weight is 335 g/mol. The molecule has 3 aromatic rings. The molecular weight excluding hydrogens is 321 g/mol. The van der Waals surface area contributed by atoms with E-state index in [9.17, 15) is 9.18 Å². The number of hydrogen-bond acceptors (Lipinski definition) is 5. The van der Waals surface area contributed by atoms with Crippen molar-refractivity contribution in [2.24, 2.45) is 0 Å². The van der Waals surface area contributed by atoms with Gasteiger partial charge >= 0.3 is 0 Å². The van der Waals surface area contributed by atoms with E-state index in [-0.39, 0.29) is 11.7 Å². The molecule has 0 unspecified atom stereocenters. The van der Waals surface area contributed by atoms with E-state index in [1.807, 2.05) is 6.07 Å².